The van der Waals surface area contributed by atoms with Crippen molar-refractivity contribution in [3.05, 3.63) is 52.2 Å². The predicted molar refractivity (Wildman–Crippen MR) is 96.9 cm³/mol. The lowest BCUT2D eigenvalue weighted by Gasteiger charge is -2.22. The maximum absolute atomic E-state index is 12.8. The average molecular weight is 427 g/mol. The molecule has 29 heavy (non-hydrogen) atoms. The van der Waals surface area contributed by atoms with E-state index in [-0.39, 0.29) is 12.1 Å². The third-order valence-corrected chi connectivity index (χ3v) is 5.16. The SMILES string of the molecule is CC1(c2ccc(OC(F)(F)F)cc2)NC(=O)N(CC(=O)NCc2cccs2)C1=O. The third-order valence-electron chi connectivity index (χ3n) is 4.28. The lowest BCUT2D eigenvalue weighted by atomic mass is 9.92. The molecule has 0 aliphatic carbocycles. The molecular formula is C18H16F3N3O4S. The summed E-state index contributed by atoms with van der Waals surface area (Å²) in [6.45, 7) is 1.22. The van der Waals surface area contributed by atoms with Crippen LogP contribution in [0.2, 0.25) is 0 Å². The Hall–Kier alpha value is -3.08. The number of rotatable bonds is 6. The number of ether oxygens (including phenoxy) is 1. The summed E-state index contributed by atoms with van der Waals surface area (Å²) in [6, 6.07) is 7.49. The highest BCUT2D eigenvalue weighted by atomic mass is 32.1. The molecule has 2 aromatic rings. The number of amides is 4. The summed E-state index contributed by atoms with van der Waals surface area (Å²) in [7, 11) is 0. The fraction of sp³-hybridized carbons (Fsp3) is 0.278. The van der Waals surface area contributed by atoms with Crippen LogP contribution in [0.3, 0.4) is 0 Å². The van der Waals surface area contributed by atoms with E-state index in [2.05, 4.69) is 15.4 Å². The number of hydrogen-bond acceptors (Lipinski definition) is 5. The van der Waals surface area contributed by atoms with Crippen LogP contribution in [0.15, 0.2) is 41.8 Å². The van der Waals surface area contributed by atoms with Crippen molar-refractivity contribution in [1.29, 1.82) is 0 Å². The van der Waals surface area contributed by atoms with Crippen LogP contribution < -0.4 is 15.4 Å². The van der Waals surface area contributed by atoms with E-state index < -0.39 is 42.0 Å². The van der Waals surface area contributed by atoms with Crippen molar-refractivity contribution in [2.75, 3.05) is 6.54 Å². The number of halogens is 3. The van der Waals surface area contributed by atoms with E-state index in [1.807, 2.05) is 17.5 Å². The second-order valence-corrected chi connectivity index (χ2v) is 7.41. The number of urea groups is 1. The van der Waals surface area contributed by atoms with Gasteiger partial charge in [0.05, 0.1) is 6.54 Å². The summed E-state index contributed by atoms with van der Waals surface area (Å²) in [5, 5.41) is 6.97. The van der Waals surface area contributed by atoms with Gasteiger partial charge in [0.2, 0.25) is 5.91 Å². The van der Waals surface area contributed by atoms with Gasteiger partial charge in [-0.1, -0.05) is 18.2 Å². The van der Waals surface area contributed by atoms with Gasteiger partial charge in [0, 0.05) is 4.88 Å². The Bertz CT molecular complexity index is 915. The predicted octanol–water partition coefficient (Wildman–Crippen LogP) is 2.73. The standard InChI is InChI=1S/C18H16F3N3O4S/c1-17(11-4-6-12(7-5-11)28-18(19,20)21)15(26)24(16(27)23-17)10-14(25)22-9-13-3-2-8-29-13/h2-8H,9-10H2,1H3,(H,22,25)(H,23,27). The van der Waals surface area contributed by atoms with Crippen molar-refractivity contribution < 1.29 is 32.3 Å². The molecule has 0 radical (unpaired) electrons. The molecule has 3 rings (SSSR count). The highest BCUT2D eigenvalue weighted by Gasteiger charge is 2.49. The van der Waals surface area contributed by atoms with Crippen LogP contribution in [-0.4, -0.2) is 35.7 Å². The number of carbonyl (C=O) groups is 3. The zero-order chi connectivity index (χ0) is 21.2. The minimum absolute atomic E-state index is 0.256. The number of hydrogen-bond donors (Lipinski definition) is 2. The molecule has 1 aromatic heterocycles. The van der Waals surface area contributed by atoms with Gasteiger partial charge in [-0.3, -0.25) is 14.5 Å². The second-order valence-electron chi connectivity index (χ2n) is 6.37. The van der Waals surface area contributed by atoms with Crippen LogP contribution >= 0.6 is 11.3 Å². The van der Waals surface area contributed by atoms with Crippen molar-refractivity contribution in [3.63, 3.8) is 0 Å². The van der Waals surface area contributed by atoms with Crippen LogP contribution in [0, 0.1) is 0 Å². The number of benzene rings is 1. The molecule has 0 spiro atoms. The van der Waals surface area contributed by atoms with Gasteiger partial charge in [0.1, 0.15) is 17.8 Å². The summed E-state index contributed by atoms with van der Waals surface area (Å²) in [5.41, 5.74) is -1.26. The number of alkyl halides is 3. The maximum Gasteiger partial charge on any atom is 0.573 e. The quantitative estimate of drug-likeness (QED) is 0.694. The lowest BCUT2D eigenvalue weighted by molar-refractivity contribution is -0.274. The molecule has 11 heteroatoms. The van der Waals surface area contributed by atoms with Crippen molar-refractivity contribution in [2.45, 2.75) is 25.4 Å². The fourth-order valence-corrected chi connectivity index (χ4v) is 3.47. The van der Waals surface area contributed by atoms with Crippen LogP contribution in [-0.2, 0) is 21.7 Å². The Balaban J connectivity index is 1.67. The van der Waals surface area contributed by atoms with Gasteiger partial charge in [-0.05, 0) is 36.1 Å². The van der Waals surface area contributed by atoms with E-state index in [1.54, 1.807) is 0 Å². The molecule has 1 atom stereocenters. The maximum atomic E-state index is 12.8. The highest BCUT2D eigenvalue weighted by Crippen LogP contribution is 2.31. The third kappa shape index (κ3) is 4.67. The molecule has 7 nitrogen and oxygen atoms in total. The van der Waals surface area contributed by atoms with Gasteiger partial charge in [0.15, 0.2) is 0 Å². The molecule has 1 aliphatic heterocycles. The Morgan fingerprint density at radius 1 is 1.24 bits per heavy atom. The van der Waals surface area contributed by atoms with Gasteiger partial charge < -0.3 is 15.4 Å². The fourth-order valence-electron chi connectivity index (χ4n) is 2.82. The van der Waals surface area contributed by atoms with Gasteiger partial charge in [-0.15, -0.1) is 24.5 Å². The Labute approximate surface area is 167 Å². The van der Waals surface area contributed by atoms with Gasteiger partial charge >= 0.3 is 12.4 Å². The normalized spacial score (nSPS) is 19.2. The number of nitrogens with one attached hydrogen (secondary N) is 2. The molecule has 4 amide bonds. The molecule has 154 valence electrons. The number of nitrogens with zero attached hydrogens (tertiary/aromatic N) is 1. The molecule has 1 saturated heterocycles. The lowest BCUT2D eigenvalue weighted by Crippen LogP contribution is -2.43. The van der Waals surface area contributed by atoms with E-state index in [0.717, 1.165) is 21.9 Å². The molecule has 1 fully saturated rings. The Morgan fingerprint density at radius 3 is 2.52 bits per heavy atom. The number of imide groups is 1. The first kappa shape index (κ1) is 20.6. The first-order valence-electron chi connectivity index (χ1n) is 8.38. The number of thiophene rings is 1. The van der Waals surface area contributed by atoms with E-state index in [1.165, 1.54) is 30.4 Å². The van der Waals surface area contributed by atoms with E-state index in [9.17, 15) is 27.6 Å². The second kappa shape index (κ2) is 7.74. The minimum Gasteiger partial charge on any atom is -0.406 e. The summed E-state index contributed by atoms with van der Waals surface area (Å²) in [6.07, 6.45) is -4.84. The van der Waals surface area contributed by atoms with Crippen LogP contribution in [0.1, 0.15) is 17.4 Å². The van der Waals surface area contributed by atoms with Crippen molar-refractivity contribution >= 4 is 29.2 Å². The number of carbonyl (C=O) groups excluding carboxylic acids is 3. The van der Waals surface area contributed by atoms with Crippen LogP contribution in [0.4, 0.5) is 18.0 Å². The van der Waals surface area contributed by atoms with Gasteiger partial charge in [-0.2, -0.15) is 0 Å². The zero-order valence-corrected chi connectivity index (χ0v) is 15.9. The average Bonchev–Trinajstić information content (AvgIpc) is 3.23. The van der Waals surface area contributed by atoms with Crippen molar-refractivity contribution in [1.82, 2.24) is 15.5 Å². The van der Waals surface area contributed by atoms with E-state index >= 15 is 0 Å². The molecule has 0 saturated carbocycles. The van der Waals surface area contributed by atoms with Gasteiger partial charge in [0.25, 0.3) is 5.91 Å². The molecule has 0 bridgehead atoms. The van der Waals surface area contributed by atoms with Crippen LogP contribution in [0.25, 0.3) is 0 Å². The molecule has 1 unspecified atom stereocenters. The minimum atomic E-state index is -4.84. The Kier molecular flexibility index (Phi) is 5.51. The first-order valence-corrected chi connectivity index (χ1v) is 9.26. The summed E-state index contributed by atoms with van der Waals surface area (Å²) in [4.78, 5) is 38.8. The zero-order valence-electron chi connectivity index (χ0n) is 15.1. The summed E-state index contributed by atoms with van der Waals surface area (Å²) >= 11 is 1.46. The topological polar surface area (TPSA) is 87.7 Å². The smallest absolute Gasteiger partial charge is 0.406 e. The van der Waals surface area contributed by atoms with Crippen molar-refractivity contribution in [3.8, 4) is 5.75 Å². The molecular weight excluding hydrogens is 411 g/mol. The molecule has 2 heterocycles. The monoisotopic (exact) mass is 427 g/mol. The molecule has 1 aliphatic rings. The van der Waals surface area contributed by atoms with Gasteiger partial charge in [-0.25, -0.2) is 4.79 Å². The summed E-state index contributed by atoms with van der Waals surface area (Å²) in [5.74, 6) is -1.65. The van der Waals surface area contributed by atoms with Crippen molar-refractivity contribution in [2.24, 2.45) is 0 Å². The van der Waals surface area contributed by atoms with Crippen LogP contribution in [0.5, 0.6) is 5.75 Å². The summed E-state index contributed by atoms with van der Waals surface area (Å²) < 4.78 is 40.6. The van der Waals surface area contributed by atoms with E-state index in [0.29, 0.717) is 0 Å². The molecule has 1 aromatic carbocycles. The van der Waals surface area contributed by atoms with E-state index in [4.69, 9.17) is 0 Å². The molecule has 2 N–H and O–H groups in total. The first-order chi connectivity index (χ1) is 13.6. The highest BCUT2D eigenvalue weighted by molar-refractivity contribution is 7.09. The largest absolute Gasteiger partial charge is 0.573 e. The Morgan fingerprint density at radius 2 is 1.93 bits per heavy atom.